The molecule has 2 rings (SSSR count). The maximum Gasteiger partial charge on any atom is 0.0933 e. The molecule has 0 bridgehead atoms. The van der Waals surface area contributed by atoms with Gasteiger partial charge in [-0.2, -0.15) is 0 Å². The maximum atomic E-state index is 5.12. The molecule has 0 fully saturated rings. The van der Waals surface area contributed by atoms with Crippen molar-refractivity contribution in [3.05, 3.63) is 29.3 Å². The number of benzene rings is 1. The van der Waals surface area contributed by atoms with Crippen molar-refractivity contribution in [2.75, 3.05) is 18.5 Å². The minimum Gasteiger partial charge on any atom is -0.374 e. The van der Waals surface area contributed by atoms with Gasteiger partial charge in [-0.05, 0) is 17.2 Å². The molecule has 0 radical (unpaired) electrons. The van der Waals surface area contributed by atoms with Crippen molar-refractivity contribution in [2.24, 2.45) is 5.90 Å². The zero-order valence-corrected chi connectivity index (χ0v) is 8.66. The first-order valence-corrected chi connectivity index (χ1v) is 4.88. The highest BCUT2D eigenvalue weighted by molar-refractivity contribution is 5.62. The Labute approximate surface area is 84.4 Å². The summed E-state index contributed by atoms with van der Waals surface area (Å²) in [5.74, 6) is 5.69. The fourth-order valence-electron chi connectivity index (χ4n) is 2.32. The fraction of sp³-hybridized carbons (Fsp3) is 0.455. The van der Waals surface area contributed by atoms with Gasteiger partial charge >= 0.3 is 0 Å². The van der Waals surface area contributed by atoms with Gasteiger partial charge in [0, 0.05) is 25.2 Å². The van der Waals surface area contributed by atoms with Crippen molar-refractivity contribution in [1.29, 1.82) is 0 Å². The monoisotopic (exact) mass is 192 g/mol. The Kier molecular flexibility index (Phi) is 2.44. The second-order valence-corrected chi connectivity index (χ2v) is 3.94. The quantitative estimate of drug-likeness (QED) is 0.724. The van der Waals surface area contributed by atoms with Crippen LogP contribution in [0, 0.1) is 0 Å². The van der Waals surface area contributed by atoms with Crippen LogP contribution < -0.4 is 10.8 Å². The van der Waals surface area contributed by atoms with Crippen LogP contribution in [-0.4, -0.2) is 13.6 Å². The Bertz CT molecular complexity index is 338. The Balaban J connectivity index is 2.45. The van der Waals surface area contributed by atoms with Crippen LogP contribution >= 0.6 is 0 Å². The molecule has 0 spiro atoms. The van der Waals surface area contributed by atoms with Crippen LogP contribution in [0.15, 0.2) is 18.2 Å². The van der Waals surface area contributed by atoms with Gasteiger partial charge in [0.25, 0.3) is 0 Å². The van der Waals surface area contributed by atoms with Crippen LogP contribution in [-0.2, 0) is 11.4 Å². The van der Waals surface area contributed by atoms with Crippen LogP contribution in [0.25, 0.3) is 0 Å². The van der Waals surface area contributed by atoms with E-state index >= 15 is 0 Å². The van der Waals surface area contributed by atoms with Crippen molar-refractivity contribution in [3.63, 3.8) is 0 Å². The third-order valence-electron chi connectivity index (χ3n) is 2.86. The molecule has 0 aromatic heterocycles. The molecule has 1 unspecified atom stereocenters. The number of nitrogens with zero attached hydrogens (tertiary/aromatic N) is 1. The normalized spacial score (nSPS) is 19.9. The van der Waals surface area contributed by atoms with Crippen molar-refractivity contribution in [3.8, 4) is 0 Å². The van der Waals surface area contributed by atoms with Gasteiger partial charge in [0.05, 0.1) is 6.61 Å². The van der Waals surface area contributed by atoms with Gasteiger partial charge in [0.15, 0.2) is 0 Å². The van der Waals surface area contributed by atoms with E-state index in [1.54, 1.807) is 0 Å². The summed E-state index contributed by atoms with van der Waals surface area (Å²) in [5, 5.41) is 0. The number of rotatable bonds is 2. The van der Waals surface area contributed by atoms with Crippen molar-refractivity contribution < 1.29 is 4.84 Å². The van der Waals surface area contributed by atoms with Crippen LogP contribution in [0.2, 0.25) is 0 Å². The lowest BCUT2D eigenvalue weighted by atomic mass is 9.98. The third-order valence-corrected chi connectivity index (χ3v) is 2.86. The first-order chi connectivity index (χ1) is 6.74. The largest absolute Gasteiger partial charge is 0.374 e. The van der Waals surface area contributed by atoms with E-state index in [9.17, 15) is 0 Å². The number of likely N-dealkylation sites (N-methyl/N-ethyl adjacent to an activating group) is 1. The summed E-state index contributed by atoms with van der Waals surface area (Å²) < 4.78 is 0. The number of fused-ring (bicyclic) bond motifs is 1. The Morgan fingerprint density at radius 2 is 2.36 bits per heavy atom. The molecule has 3 nitrogen and oxygen atoms in total. The van der Waals surface area contributed by atoms with Gasteiger partial charge in [-0.3, -0.25) is 4.84 Å². The zero-order valence-electron chi connectivity index (χ0n) is 8.66. The highest BCUT2D eigenvalue weighted by Gasteiger charge is 2.24. The highest BCUT2D eigenvalue weighted by Crippen LogP contribution is 2.37. The first kappa shape index (κ1) is 9.49. The summed E-state index contributed by atoms with van der Waals surface area (Å²) in [5.41, 5.74) is 3.91. The van der Waals surface area contributed by atoms with Crippen molar-refractivity contribution in [2.45, 2.75) is 19.4 Å². The predicted octanol–water partition coefficient (Wildman–Crippen LogP) is 1.63. The van der Waals surface area contributed by atoms with Gasteiger partial charge < -0.3 is 4.90 Å². The predicted molar refractivity (Wildman–Crippen MR) is 57.1 cm³/mol. The minimum atomic E-state index is 0.501. The minimum absolute atomic E-state index is 0.501. The number of hydrogen-bond donors (Lipinski definition) is 1. The number of nitrogens with two attached hydrogens (primary N) is 1. The van der Waals surface area contributed by atoms with E-state index < -0.39 is 0 Å². The van der Waals surface area contributed by atoms with E-state index in [1.807, 2.05) is 0 Å². The molecule has 1 aromatic carbocycles. The molecule has 3 heteroatoms. The summed E-state index contributed by atoms with van der Waals surface area (Å²) >= 11 is 0. The molecular weight excluding hydrogens is 176 g/mol. The summed E-state index contributed by atoms with van der Waals surface area (Å²) in [6.45, 7) is 3.82. The van der Waals surface area contributed by atoms with E-state index in [4.69, 9.17) is 10.7 Å². The average molecular weight is 192 g/mol. The lowest BCUT2D eigenvalue weighted by Crippen LogP contribution is -2.13. The van der Waals surface area contributed by atoms with Gasteiger partial charge in [-0.25, -0.2) is 5.90 Å². The van der Waals surface area contributed by atoms with E-state index in [2.05, 4.69) is 37.1 Å². The Morgan fingerprint density at radius 3 is 3.07 bits per heavy atom. The molecular formula is C11H16N2O. The lowest BCUT2D eigenvalue weighted by Gasteiger charge is -2.12. The number of anilines is 1. The van der Waals surface area contributed by atoms with Crippen LogP contribution in [0.4, 0.5) is 5.69 Å². The summed E-state index contributed by atoms with van der Waals surface area (Å²) in [6.07, 6.45) is 0. The summed E-state index contributed by atoms with van der Waals surface area (Å²) in [6, 6.07) is 6.29. The Hall–Kier alpha value is -1.06. The Morgan fingerprint density at radius 1 is 1.57 bits per heavy atom. The fourth-order valence-corrected chi connectivity index (χ4v) is 2.32. The van der Waals surface area contributed by atoms with E-state index in [1.165, 1.54) is 16.8 Å². The van der Waals surface area contributed by atoms with Crippen LogP contribution in [0.1, 0.15) is 24.0 Å². The topological polar surface area (TPSA) is 38.5 Å². The smallest absolute Gasteiger partial charge is 0.0933 e. The van der Waals surface area contributed by atoms with Crippen molar-refractivity contribution in [1.82, 2.24) is 0 Å². The molecule has 2 N–H and O–H groups in total. The molecule has 1 aliphatic heterocycles. The molecule has 0 saturated carbocycles. The third kappa shape index (κ3) is 1.38. The van der Waals surface area contributed by atoms with E-state index in [0.717, 1.165) is 6.54 Å². The maximum absolute atomic E-state index is 5.12. The van der Waals surface area contributed by atoms with Gasteiger partial charge in [0.2, 0.25) is 0 Å². The molecule has 0 aliphatic carbocycles. The molecule has 76 valence electrons. The summed E-state index contributed by atoms with van der Waals surface area (Å²) in [7, 11) is 2.12. The molecule has 0 amide bonds. The molecule has 1 aromatic rings. The molecule has 1 heterocycles. The van der Waals surface area contributed by atoms with Gasteiger partial charge in [-0.15, -0.1) is 0 Å². The van der Waals surface area contributed by atoms with Crippen LogP contribution in [0.3, 0.4) is 0 Å². The summed E-state index contributed by atoms with van der Waals surface area (Å²) in [4.78, 5) is 7.00. The lowest BCUT2D eigenvalue weighted by molar-refractivity contribution is 0.123. The van der Waals surface area contributed by atoms with Gasteiger partial charge in [-0.1, -0.05) is 19.1 Å². The SMILES string of the molecule is CC1CN(C)c2cccc(CON)c21. The molecule has 14 heavy (non-hydrogen) atoms. The van der Waals surface area contributed by atoms with Gasteiger partial charge in [0.1, 0.15) is 0 Å². The average Bonchev–Trinajstić information content (AvgIpc) is 2.44. The molecule has 0 saturated heterocycles. The van der Waals surface area contributed by atoms with Crippen molar-refractivity contribution >= 4 is 5.69 Å². The highest BCUT2D eigenvalue weighted by atomic mass is 16.6. The van der Waals surface area contributed by atoms with Crippen LogP contribution in [0.5, 0.6) is 0 Å². The number of hydrogen-bond acceptors (Lipinski definition) is 3. The van der Waals surface area contributed by atoms with E-state index in [-0.39, 0.29) is 0 Å². The zero-order chi connectivity index (χ0) is 10.1. The standard InChI is InChI=1S/C11H16N2O/c1-8-6-13(2)10-5-3-4-9(7-14-12)11(8)10/h3-5,8H,6-7,12H2,1-2H3. The molecule has 1 aliphatic rings. The first-order valence-electron chi connectivity index (χ1n) is 4.88. The second-order valence-electron chi connectivity index (χ2n) is 3.94. The second kappa shape index (κ2) is 3.59. The van der Waals surface area contributed by atoms with E-state index in [0.29, 0.717) is 12.5 Å². The molecule has 1 atom stereocenters.